The van der Waals surface area contributed by atoms with Crippen LogP contribution in [0, 0.1) is 0 Å². The molecule has 1 atom stereocenters. The number of piperidine rings is 1. The van der Waals surface area contributed by atoms with E-state index in [1.54, 1.807) is 0 Å². The Bertz CT molecular complexity index is 569. The molecule has 0 aliphatic carbocycles. The molecule has 5 nitrogen and oxygen atoms in total. The summed E-state index contributed by atoms with van der Waals surface area (Å²) in [5.74, 6) is 1.36. The van der Waals surface area contributed by atoms with Gasteiger partial charge in [-0.05, 0) is 50.9 Å². The SMILES string of the molecule is O=C(c1cccc2c1OCO2)N1CCC[C@@H](N2CCCC2)C1. The van der Waals surface area contributed by atoms with Crippen LogP contribution in [0.4, 0.5) is 0 Å². The van der Waals surface area contributed by atoms with Crippen LogP contribution in [0.3, 0.4) is 0 Å². The Morgan fingerprint density at radius 2 is 1.95 bits per heavy atom. The highest BCUT2D eigenvalue weighted by atomic mass is 16.7. The molecule has 0 N–H and O–H groups in total. The highest BCUT2D eigenvalue weighted by Gasteiger charge is 2.31. The summed E-state index contributed by atoms with van der Waals surface area (Å²) in [6.07, 6.45) is 4.87. The van der Waals surface area contributed by atoms with E-state index in [0.717, 1.165) is 19.5 Å². The van der Waals surface area contributed by atoms with Gasteiger partial charge in [-0.15, -0.1) is 0 Å². The molecule has 0 saturated carbocycles. The van der Waals surface area contributed by atoms with Gasteiger partial charge in [-0.1, -0.05) is 6.07 Å². The lowest BCUT2D eigenvalue weighted by Gasteiger charge is -2.37. The van der Waals surface area contributed by atoms with Crippen LogP contribution in [0.2, 0.25) is 0 Å². The highest BCUT2D eigenvalue weighted by molar-refractivity contribution is 5.98. The van der Waals surface area contributed by atoms with Gasteiger partial charge in [-0.25, -0.2) is 0 Å². The van der Waals surface area contributed by atoms with Gasteiger partial charge in [-0.3, -0.25) is 9.69 Å². The predicted molar refractivity (Wildman–Crippen MR) is 82.3 cm³/mol. The fourth-order valence-electron chi connectivity index (χ4n) is 3.81. The van der Waals surface area contributed by atoms with Crippen molar-refractivity contribution >= 4 is 5.91 Å². The van der Waals surface area contributed by atoms with Gasteiger partial charge in [-0.2, -0.15) is 0 Å². The Balaban J connectivity index is 1.51. The molecular weight excluding hydrogens is 280 g/mol. The minimum atomic E-state index is 0.0752. The molecule has 0 radical (unpaired) electrons. The number of para-hydroxylation sites is 1. The van der Waals surface area contributed by atoms with Crippen LogP contribution < -0.4 is 9.47 Å². The summed E-state index contributed by atoms with van der Waals surface area (Å²) in [5, 5.41) is 0. The van der Waals surface area contributed by atoms with E-state index in [1.165, 1.54) is 32.4 Å². The number of amides is 1. The van der Waals surface area contributed by atoms with Crippen molar-refractivity contribution in [2.75, 3.05) is 33.0 Å². The molecule has 22 heavy (non-hydrogen) atoms. The Morgan fingerprint density at radius 1 is 1.09 bits per heavy atom. The molecule has 2 fully saturated rings. The smallest absolute Gasteiger partial charge is 0.257 e. The third-order valence-corrected chi connectivity index (χ3v) is 4.97. The van der Waals surface area contributed by atoms with Crippen molar-refractivity contribution in [2.24, 2.45) is 0 Å². The fourth-order valence-corrected chi connectivity index (χ4v) is 3.81. The second-order valence-corrected chi connectivity index (χ2v) is 6.33. The largest absolute Gasteiger partial charge is 0.454 e. The first-order valence-electron chi connectivity index (χ1n) is 8.25. The Hall–Kier alpha value is -1.75. The number of likely N-dealkylation sites (tertiary alicyclic amines) is 2. The number of benzene rings is 1. The van der Waals surface area contributed by atoms with E-state index < -0.39 is 0 Å². The number of rotatable bonds is 2. The van der Waals surface area contributed by atoms with Gasteiger partial charge in [0.2, 0.25) is 6.79 Å². The number of hydrogen-bond donors (Lipinski definition) is 0. The molecule has 0 unspecified atom stereocenters. The van der Waals surface area contributed by atoms with Crippen molar-refractivity contribution in [2.45, 2.75) is 31.7 Å². The van der Waals surface area contributed by atoms with Gasteiger partial charge >= 0.3 is 0 Å². The monoisotopic (exact) mass is 302 g/mol. The summed E-state index contributed by atoms with van der Waals surface area (Å²) in [4.78, 5) is 17.4. The quantitative estimate of drug-likeness (QED) is 0.839. The third-order valence-electron chi connectivity index (χ3n) is 4.97. The lowest BCUT2D eigenvalue weighted by atomic mass is 10.0. The third kappa shape index (κ3) is 2.43. The second kappa shape index (κ2) is 5.80. The van der Waals surface area contributed by atoms with E-state index in [4.69, 9.17) is 9.47 Å². The first kappa shape index (κ1) is 13.9. The standard InChI is InChI=1S/C17H22N2O3/c20-17(14-6-3-7-15-16(14)22-12-21-15)19-10-4-5-13(11-19)18-8-1-2-9-18/h3,6-7,13H,1-2,4-5,8-12H2/t13-/m1/s1. The zero-order chi connectivity index (χ0) is 14.9. The van der Waals surface area contributed by atoms with Gasteiger partial charge in [0.25, 0.3) is 5.91 Å². The Labute approximate surface area is 130 Å². The molecule has 1 aromatic carbocycles. The first-order chi connectivity index (χ1) is 10.8. The van der Waals surface area contributed by atoms with Gasteiger partial charge in [0.15, 0.2) is 11.5 Å². The van der Waals surface area contributed by atoms with Crippen molar-refractivity contribution in [1.29, 1.82) is 0 Å². The van der Waals surface area contributed by atoms with Crippen LogP contribution in [-0.2, 0) is 0 Å². The van der Waals surface area contributed by atoms with E-state index in [1.807, 2.05) is 23.1 Å². The van der Waals surface area contributed by atoms with Crippen LogP contribution in [0.15, 0.2) is 18.2 Å². The van der Waals surface area contributed by atoms with Crippen LogP contribution in [-0.4, -0.2) is 54.7 Å². The second-order valence-electron chi connectivity index (χ2n) is 6.33. The average Bonchev–Trinajstić information content (AvgIpc) is 3.25. The maximum Gasteiger partial charge on any atom is 0.257 e. The zero-order valence-corrected chi connectivity index (χ0v) is 12.8. The maximum atomic E-state index is 12.9. The number of nitrogens with zero attached hydrogens (tertiary/aromatic N) is 2. The van der Waals surface area contributed by atoms with Gasteiger partial charge in [0, 0.05) is 19.1 Å². The van der Waals surface area contributed by atoms with Crippen molar-refractivity contribution in [1.82, 2.24) is 9.80 Å². The van der Waals surface area contributed by atoms with Gasteiger partial charge < -0.3 is 14.4 Å². The highest BCUT2D eigenvalue weighted by Crippen LogP contribution is 2.36. The lowest BCUT2D eigenvalue weighted by molar-refractivity contribution is 0.0604. The summed E-state index contributed by atoms with van der Waals surface area (Å²) in [7, 11) is 0. The molecule has 3 heterocycles. The molecular formula is C17H22N2O3. The van der Waals surface area contributed by atoms with Crippen molar-refractivity contribution in [3.05, 3.63) is 23.8 Å². The molecule has 5 heteroatoms. The van der Waals surface area contributed by atoms with Gasteiger partial charge in [0.1, 0.15) is 0 Å². The average molecular weight is 302 g/mol. The van der Waals surface area contributed by atoms with E-state index in [0.29, 0.717) is 23.1 Å². The first-order valence-corrected chi connectivity index (χ1v) is 8.25. The minimum absolute atomic E-state index is 0.0752. The molecule has 2 saturated heterocycles. The van der Waals surface area contributed by atoms with Crippen LogP contribution in [0.1, 0.15) is 36.0 Å². The zero-order valence-electron chi connectivity index (χ0n) is 12.8. The van der Waals surface area contributed by atoms with Crippen LogP contribution >= 0.6 is 0 Å². The number of ether oxygens (including phenoxy) is 2. The van der Waals surface area contributed by atoms with Gasteiger partial charge in [0.05, 0.1) is 5.56 Å². The summed E-state index contributed by atoms with van der Waals surface area (Å²) in [5.41, 5.74) is 0.636. The van der Waals surface area contributed by atoms with Crippen molar-refractivity contribution in [3.63, 3.8) is 0 Å². The van der Waals surface area contributed by atoms with E-state index in [-0.39, 0.29) is 12.7 Å². The van der Waals surface area contributed by atoms with Crippen LogP contribution in [0.5, 0.6) is 11.5 Å². The summed E-state index contributed by atoms with van der Waals surface area (Å²) in [6.45, 7) is 4.25. The minimum Gasteiger partial charge on any atom is -0.454 e. The number of carbonyl (C=O) groups excluding carboxylic acids is 1. The molecule has 1 aromatic rings. The topological polar surface area (TPSA) is 42.0 Å². The molecule has 0 bridgehead atoms. The molecule has 0 spiro atoms. The molecule has 0 aromatic heterocycles. The number of fused-ring (bicyclic) bond motifs is 1. The Morgan fingerprint density at radius 3 is 2.82 bits per heavy atom. The van der Waals surface area contributed by atoms with E-state index >= 15 is 0 Å². The summed E-state index contributed by atoms with van der Waals surface area (Å²) in [6, 6.07) is 6.08. The molecule has 3 aliphatic rings. The lowest BCUT2D eigenvalue weighted by Crippen LogP contribution is -2.49. The normalized spacial score (nSPS) is 24.7. The molecule has 3 aliphatic heterocycles. The molecule has 118 valence electrons. The van der Waals surface area contributed by atoms with Crippen molar-refractivity contribution < 1.29 is 14.3 Å². The summed E-state index contributed by atoms with van der Waals surface area (Å²) < 4.78 is 10.9. The van der Waals surface area contributed by atoms with E-state index in [9.17, 15) is 4.79 Å². The Kier molecular flexibility index (Phi) is 3.66. The molecule has 1 amide bonds. The van der Waals surface area contributed by atoms with Crippen molar-refractivity contribution in [3.8, 4) is 11.5 Å². The summed E-state index contributed by atoms with van der Waals surface area (Å²) >= 11 is 0. The number of hydrogen-bond acceptors (Lipinski definition) is 4. The maximum absolute atomic E-state index is 12.9. The van der Waals surface area contributed by atoms with E-state index in [2.05, 4.69) is 4.90 Å². The predicted octanol–water partition coefficient (Wildman–Crippen LogP) is 2.12. The number of carbonyl (C=O) groups is 1. The molecule has 4 rings (SSSR count). The fraction of sp³-hybridized carbons (Fsp3) is 0.588. The van der Waals surface area contributed by atoms with Crippen LogP contribution in [0.25, 0.3) is 0 Å².